The number of aliphatic carboxylic acids is 1. The van der Waals surface area contributed by atoms with E-state index < -0.39 is 17.4 Å². The van der Waals surface area contributed by atoms with Crippen molar-refractivity contribution in [3.05, 3.63) is 23.9 Å². The third-order valence-electron chi connectivity index (χ3n) is 3.70. The van der Waals surface area contributed by atoms with E-state index in [1.54, 1.807) is 19.1 Å². The minimum absolute atomic E-state index is 0.389. The Balaban J connectivity index is 2.23. The van der Waals surface area contributed by atoms with Crippen LogP contribution in [0.4, 0.5) is 5.82 Å². The van der Waals surface area contributed by atoms with Crippen molar-refractivity contribution in [2.45, 2.75) is 19.8 Å². The van der Waals surface area contributed by atoms with Crippen molar-refractivity contribution in [1.29, 1.82) is 0 Å². The number of carbonyl (C=O) groups excluding carboxylic acids is 1. The molecule has 1 N–H and O–H groups in total. The Hall–Kier alpha value is -2.11. The predicted molar refractivity (Wildman–Crippen MR) is 72.8 cm³/mol. The number of rotatable bonds is 3. The second-order valence-electron chi connectivity index (χ2n) is 5.29. The van der Waals surface area contributed by atoms with Gasteiger partial charge in [-0.15, -0.1) is 0 Å². The van der Waals surface area contributed by atoms with Gasteiger partial charge in [0.15, 0.2) is 0 Å². The zero-order valence-electron chi connectivity index (χ0n) is 11.6. The number of hydrogen-bond acceptors (Lipinski definition) is 5. The molecular weight excluding hydrogens is 260 g/mol. The quantitative estimate of drug-likeness (QED) is 0.845. The first kappa shape index (κ1) is 14.3. The van der Waals surface area contributed by atoms with Crippen molar-refractivity contribution in [3.63, 3.8) is 0 Å². The largest absolute Gasteiger partial charge is 0.481 e. The number of carbonyl (C=O) groups is 2. The van der Waals surface area contributed by atoms with Crippen LogP contribution in [0.1, 0.15) is 30.1 Å². The van der Waals surface area contributed by atoms with Crippen molar-refractivity contribution < 1.29 is 19.4 Å². The summed E-state index contributed by atoms with van der Waals surface area (Å²) in [6.07, 6.45) is 2.97. The highest BCUT2D eigenvalue weighted by Gasteiger charge is 2.38. The number of ether oxygens (including phenoxy) is 1. The highest BCUT2D eigenvalue weighted by molar-refractivity contribution is 5.90. The van der Waals surface area contributed by atoms with Crippen LogP contribution in [0.2, 0.25) is 0 Å². The number of hydrogen-bond donors (Lipinski definition) is 1. The molecule has 0 spiro atoms. The molecule has 20 heavy (non-hydrogen) atoms. The maximum Gasteiger partial charge on any atom is 0.338 e. The molecule has 2 rings (SSSR count). The molecule has 0 saturated carbocycles. The van der Waals surface area contributed by atoms with Crippen LogP contribution in [0.5, 0.6) is 0 Å². The number of nitrogens with zero attached hydrogens (tertiary/aromatic N) is 2. The van der Waals surface area contributed by atoms with Gasteiger partial charge in [-0.25, -0.2) is 9.78 Å². The molecule has 1 aromatic rings. The zero-order valence-corrected chi connectivity index (χ0v) is 11.6. The van der Waals surface area contributed by atoms with Crippen molar-refractivity contribution in [3.8, 4) is 0 Å². The molecule has 1 aliphatic rings. The second kappa shape index (κ2) is 5.48. The van der Waals surface area contributed by atoms with Gasteiger partial charge in [-0.1, -0.05) is 0 Å². The summed E-state index contributed by atoms with van der Waals surface area (Å²) >= 11 is 0. The van der Waals surface area contributed by atoms with E-state index >= 15 is 0 Å². The van der Waals surface area contributed by atoms with Gasteiger partial charge in [-0.2, -0.15) is 0 Å². The van der Waals surface area contributed by atoms with Gasteiger partial charge >= 0.3 is 11.9 Å². The zero-order chi connectivity index (χ0) is 14.8. The van der Waals surface area contributed by atoms with E-state index in [1.807, 2.05) is 4.90 Å². The second-order valence-corrected chi connectivity index (χ2v) is 5.29. The Morgan fingerprint density at radius 2 is 2.25 bits per heavy atom. The van der Waals surface area contributed by atoms with Gasteiger partial charge < -0.3 is 14.7 Å². The molecule has 1 fully saturated rings. The van der Waals surface area contributed by atoms with E-state index in [2.05, 4.69) is 9.72 Å². The fourth-order valence-electron chi connectivity index (χ4n) is 2.45. The molecule has 0 amide bonds. The van der Waals surface area contributed by atoms with Gasteiger partial charge in [0.25, 0.3) is 0 Å². The van der Waals surface area contributed by atoms with E-state index in [1.165, 1.54) is 13.3 Å². The van der Waals surface area contributed by atoms with E-state index in [4.69, 9.17) is 0 Å². The van der Waals surface area contributed by atoms with Crippen LogP contribution >= 0.6 is 0 Å². The topological polar surface area (TPSA) is 79.7 Å². The minimum atomic E-state index is -0.800. The number of aromatic nitrogens is 1. The maximum atomic E-state index is 11.5. The molecule has 6 heteroatoms. The standard InChI is InChI=1S/C14H18N2O4/c1-14(13(18)19)5-3-7-16(9-14)11-8-10(4-6-15-11)12(17)20-2/h4,6,8H,3,5,7,9H2,1-2H3,(H,18,19). The van der Waals surface area contributed by atoms with E-state index in [9.17, 15) is 14.7 Å². The van der Waals surface area contributed by atoms with Crippen molar-refractivity contribution in [2.75, 3.05) is 25.1 Å². The number of carboxylic acid groups (broad SMARTS) is 1. The molecule has 0 aromatic carbocycles. The third-order valence-corrected chi connectivity index (χ3v) is 3.70. The summed E-state index contributed by atoms with van der Waals surface area (Å²) < 4.78 is 4.68. The predicted octanol–water partition coefficient (Wildman–Crippen LogP) is 1.56. The average Bonchev–Trinajstić information content (AvgIpc) is 2.46. The molecule has 0 bridgehead atoms. The van der Waals surface area contributed by atoms with Crippen LogP contribution in [0, 0.1) is 5.41 Å². The summed E-state index contributed by atoms with van der Waals surface area (Å²) in [5.41, 5.74) is -0.360. The van der Waals surface area contributed by atoms with Gasteiger partial charge in [0.1, 0.15) is 5.82 Å². The van der Waals surface area contributed by atoms with Crippen LogP contribution in [-0.4, -0.2) is 42.2 Å². The fourth-order valence-corrected chi connectivity index (χ4v) is 2.45. The fraction of sp³-hybridized carbons (Fsp3) is 0.500. The monoisotopic (exact) mass is 278 g/mol. The molecule has 0 aliphatic carbocycles. The molecule has 2 heterocycles. The first-order valence-corrected chi connectivity index (χ1v) is 6.49. The minimum Gasteiger partial charge on any atom is -0.481 e. The molecule has 108 valence electrons. The lowest BCUT2D eigenvalue weighted by Crippen LogP contribution is -2.46. The number of pyridine rings is 1. The van der Waals surface area contributed by atoms with Crippen LogP contribution < -0.4 is 4.90 Å². The highest BCUT2D eigenvalue weighted by atomic mass is 16.5. The molecule has 6 nitrogen and oxygen atoms in total. The molecular formula is C14H18N2O4. The summed E-state index contributed by atoms with van der Waals surface area (Å²) in [7, 11) is 1.32. The van der Waals surface area contributed by atoms with E-state index in [0.29, 0.717) is 24.3 Å². The maximum absolute atomic E-state index is 11.5. The number of anilines is 1. The molecule has 1 unspecified atom stereocenters. The Labute approximate surface area is 117 Å². The van der Waals surface area contributed by atoms with Gasteiger partial charge in [-0.3, -0.25) is 4.79 Å². The molecule has 1 aliphatic heterocycles. The van der Waals surface area contributed by atoms with Crippen LogP contribution in [0.3, 0.4) is 0 Å². The molecule has 1 aromatic heterocycles. The smallest absolute Gasteiger partial charge is 0.338 e. The van der Waals surface area contributed by atoms with Crippen LogP contribution in [-0.2, 0) is 9.53 Å². The van der Waals surface area contributed by atoms with Gasteiger partial charge in [0, 0.05) is 19.3 Å². The Morgan fingerprint density at radius 3 is 2.90 bits per heavy atom. The normalized spacial score (nSPS) is 22.4. The van der Waals surface area contributed by atoms with E-state index in [-0.39, 0.29) is 0 Å². The molecule has 1 atom stereocenters. The summed E-state index contributed by atoms with van der Waals surface area (Å²) in [6, 6.07) is 3.22. The Bertz CT molecular complexity index is 532. The summed E-state index contributed by atoms with van der Waals surface area (Å²) in [6.45, 7) is 2.87. The summed E-state index contributed by atoms with van der Waals surface area (Å²) in [5.74, 6) is -0.613. The SMILES string of the molecule is COC(=O)c1ccnc(N2CCCC(C)(C(=O)O)C2)c1. The summed E-state index contributed by atoms with van der Waals surface area (Å²) in [4.78, 5) is 29.0. The van der Waals surface area contributed by atoms with Gasteiger partial charge in [0.2, 0.25) is 0 Å². The summed E-state index contributed by atoms with van der Waals surface area (Å²) in [5, 5.41) is 9.32. The number of esters is 1. The Morgan fingerprint density at radius 1 is 1.50 bits per heavy atom. The molecule has 0 radical (unpaired) electrons. The number of methoxy groups -OCH3 is 1. The number of piperidine rings is 1. The number of carboxylic acids is 1. The Kier molecular flexibility index (Phi) is 3.92. The lowest BCUT2D eigenvalue weighted by molar-refractivity contribution is -0.148. The third kappa shape index (κ3) is 2.74. The van der Waals surface area contributed by atoms with Crippen molar-refractivity contribution >= 4 is 17.8 Å². The lowest BCUT2D eigenvalue weighted by Gasteiger charge is -2.38. The van der Waals surface area contributed by atoms with Gasteiger partial charge in [0.05, 0.1) is 18.1 Å². The van der Waals surface area contributed by atoms with Crippen molar-refractivity contribution in [1.82, 2.24) is 4.98 Å². The highest BCUT2D eigenvalue weighted by Crippen LogP contribution is 2.32. The van der Waals surface area contributed by atoms with E-state index in [0.717, 1.165) is 13.0 Å². The van der Waals surface area contributed by atoms with Gasteiger partial charge in [-0.05, 0) is 31.9 Å². The first-order chi connectivity index (χ1) is 9.46. The first-order valence-electron chi connectivity index (χ1n) is 6.49. The average molecular weight is 278 g/mol. The lowest BCUT2D eigenvalue weighted by atomic mass is 9.82. The van der Waals surface area contributed by atoms with Crippen LogP contribution in [0.15, 0.2) is 18.3 Å². The van der Waals surface area contributed by atoms with Crippen molar-refractivity contribution in [2.24, 2.45) is 5.41 Å². The molecule has 1 saturated heterocycles. The van der Waals surface area contributed by atoms with Crippen LogP contribution in [0.25, 0.3) is 0 Å².